The fourth-order valence-corrected chi connectivity index (χ4v) is 1.98. The van der Waals surface area contributed by atoms with Gasteiger partial charge in [-0.15, -0.1) is 0 Å². The smallest absolute Gasteiger partial charge is 0.129 e. The normalized spacial score (nSPS) is 14.5. The minimum Gasteiger partial charge on any atom is -0.472 e. The average molecular weight is 234 g/mol. The van der Waals surface area contributed by atoms with Crippen LogP contribution in [0.15, 0.2) is 47.3 Å². The van der Waals surface area contributed by atoms with Crippen LogP contribution in [0.4, 0.5) is 4.39 Å². The summed E-state index contributed by atoms with van der Waals surface area (Å²) in [4.78, 5) is 0. The number of rotatable bonds is 4. The molecular formula is C14H15FO2. The van der Waals surface area contributed by atoms with Crippen LogP contribution < -0.4 is 0 Å². The highest BCUT2D eigenvalue weighted by molar-refractivity contribution is 5.26. The van der Waals surface area contributed by atoms with Crippen molar-refractivity contribution in [1.29, 1.82) is 0 Å². The van der Waals surface area contributed by atoms with E-state index in [9.17, 15) is 9.50 Å². The van der Waals surface area contributed by atoms with Crippen LogP contribution in [0.1, 0.15) is 24.5 Å². The molecule has 1 atom stereocenters. The molecule has 0 fully saturated rings. The number of halogens is 1. The molecule has 2 rings (SSSR count). The topological polar surface area (TPSA) is 33.4 Å². The van der Waals surface area contributed by atoms with Crippen molar-refractivity contribution in [2.75, 3.05) is 0 Å². The van der Waals surface area contributed by atoms with Gasteiger partial charge in [0.1, 0.15) is 5.82 Å². The van der Waals surface area contributed by atoms with Crippen LogP contribution in [0, 0.1) is 5.82 Å². The van der Waals surface area contributed by atoms with Gasteiger partial charge in [-0.05, 0) is 24.1 Å². The van der Waals surface area contributed by atoms with E-state index in [0.717, 1.165) is 5.56 Å². The van der Waals surface area contributed by atoms with Gasteiger partial charge in [0.05, 0.1) is 18.1 Å². The lowest BCUT2D eigenvalue weighted by atomic mass is 9.85. The molecule has 0 saturated carbocycles. The van der Waals surface area contributed by atoms with Gasteiger partial charge in [-0.3, -0.25) is 0 Å². The van der Waals surface area contributed by atoms with E-state index in [1.165, 1.54) is 6.07 Å². The van der Waals surface area contributed by atoms with Crippen LogP contribution in [-0.4, -0.2) is 5.11 Å². The van der Waals surface area contributed by atoms with Crippen LogP contribution >= 0.6 is 0 Å². The minimum absolute atomic E-state index is 0.337. The fraction of sp³-hybridized carbons (Fsp3) is 0.286. The average Bonchev–Trinajstić information content (AvgIpc) is 2.82. The van der Waals surface area contributed by atoms with Gasteiger partial charge in [0.2, 0.25) is 0 Å². The zero-order chi connectivity index (χ0) is 12.3. The molecule has 2 nitrogen and oxygen atoms in total. The van der Waals surface area contributed by atoms with Gasteiger partial charge < -0.3 is 9.52 Å². The summed E-state index contributed by atoms with van der Waals surface area (Å²) in [5, 5.41) is 10.6. The number of hydrogen-bond donors (Lipinski definition) is 1. The lowest BCUT2D eigenvalue weighted by Crippen LogP contribution is -2.28. The summed E-state index contributed by atoms with van der Waals surface area (Å²) in [5.41, 5.74) is 0.0104. The van der Waals surface area contributed by atoms with Gasteiger partial charge >= 0.3 is 0 Å². The summed E-state index contributed by atoms with van der Waals surface area (Å²) >= 11 is 0. The molecule has 0 spiro atoms. The van der Waals surface area contributed by atoms with E-state index in [0.29, 0.717) is 18.4 Å². The summed E-state index contributed by atoms with van der Waals surface area (Å²) in [7, 11) is 0. The first-order chi connectivity index (χ1) is 8.15. The Hall–Kier alpha value is -1.61. The Kier molecular flexibility index (Phi) is 3.29. The largest absolute Gasteiger partial charge is 0.472 e. The Balaban J connectivity index is 2.34. The van der Waals surface area contributed by atoms with Gasteiger partial charge in [0.15, 0.2) is 0 Å². The van der Waals surface area contributed by atoms with Crippen molar-refractivity contribution >= 4 is 0 Å². The molecule has 0 radical (unpaired) electrons. The molecule has 1 aromatic heterocycles. The summed E-state index contributed by atoms with van der Waals surface area (Å²) in [6.45, 7) is 1.84. The van der Waals surface area contributed by atoms with Crippen LogP contribution in [0.2, 0.25) is 0 Å². The van der Waals surface area contributed by atoms with Crippen LogP contribution in [0.5, 0.6) is 0 Å². The summed E-state index contributed by atoms with van der Waals surface area (Å²) < 4.78 is 18.7. The maximum atomic E-state index is 13.7. The molecule has 0 aliphatic rings. The molecular weight excluding hydrogens is 219 g/mol. The SMILES string of the molecule is CCC(O)(Cc1ccoc1)c1ccccc1F. The van der Waals surface area contributed by atoms with Crippen LogP contribution in [-0.2, 0) is 12.0 Å². The molecule has 2 aromatic rings. The van der Waals surface area contributed by atoms with E-state index < -0.39 is 5.60 Å². The molecule has 17 heavy (non-hydrogen) atoms. The third-order valence-corrected chi connectivity index (χ3v) is 3.04. The second-order valence-electron chi connectivity index (χ2n) is 4.17. The molecule has 1 unspecified atom stereocenters. The molecule has 0 saturated heterocycles. The molecule has 1 heterocycles. The van der Waals surface area contributed by atoms with Gasteiger partial charge in [-0.1, -0.05) is 25.1 Å². The summed E-state index contributed by atoms with van der Waals surface area (Å²) in [5.74, 6) is -0.375. The quantitative estimate of drug-likeness (QED) is 0.880. The van der Waals surface area contributed by atoms with Crippen molar-refractivity contribution in [1.82, 2.24) is 0 Å². The number of furan rings is 1. The third kappa shape index (κ3) is 2.39. The van der Waals surface area contributed by atoms with E-state index >= 15 is 0 Å². The van der Waals surface area contributed by atoms with Crippen molar-refractivity contribution in [3.63, 3.8) is 0 Å². The van der Waals surface area contributed by atoms with Gasteiger partial charge in [-0.25, -0.2) is 4.39 Å². The molecule has 1 aromatic carbocycles. The Morgan fingerprint density at radius 2 is 2.06 bits per heavy atom. The zero-order valence-electron chi connectivity index (χ0n) is 9.69. The lowest BCUT2D eigenvalue weighted by molar-refractivity contribution is 0.0290. The Bertz CT molecular complexity index is 479. The number of benzene rings is 1. The number of hydrogen-bond acceptors (Lipinski definition) is 2. The fourth-order valence-electron chi connectivity index (χ4n) is 1.98. The van der Waals surface area contributed by atoms with E-state index in [1.54, 1.807) is 36.8 Å². The van der Waals surface area contributed by atoms with Gasteiger partial charge in [0, 0.05) is 12.0 Å². The maximum Gasteiger partial charge on any atom is 0.129 e. The van der Waals surface area contributed by atoms with E-state index in [4.69, 9.17) is 4.42 Å². The molecule has 0 aliphatic carbocycles. The van der Waals surface area contributed by atoms with Gasteiger partial charge in [0.25, 0.3) is 0 Å². The molecule has 0 aliphatic heterocycles. The van der Waals surface area contributed by atoms with Crippen molar-refractivity contribution in [3.8, 4) is 0 Å². The van der Waals surface area contributed by atoms with E-state index in [2.05, 4.69) is 0 Å². The first-order valence-corrected chi connectivity index (χ1v) is 5.64. The first-order valence-electron chi connectivity index (χ1n) is 5.64. The predicted octanol–water partition coefficient (Wildman–Crippen LogP) is 3.26. The predicted molar refractivity (Wildman–Crippen MR) is 63.0 cm³/mol. The third-order valence-electron chi connectivity index (χ3n) is 3.04. The van der Waals surface area contributed by atoms with Crippen molar-refractivity contribution in [3.05, 3.63) is 59.8 Å². The monoisotopic (exact) mass is 234 g/mol. The van der Waals surface area contributed by atoms with E-state index in [-0.39, 0.29) is 5.82 Å². The molecule has 1 N–H and O–H groups in total. The van der Waals surface area contributed by atoms with Crippen LogP contribution in [0.3, 0.4) is 0 Å². The highest BCUT2D eigenvalue weighted by Gasteiger charge is 2.30. The highest BCUT2D eigenvalue weighted by atomic mass is 19.1. The maximum absolute atomic E-state index is 13.7. The highest BCUT2D eigenvalue weighted by Crippen LogP contribution is 2.31. The Labute approximate surface area is 99.7 Å². The molecule has 0 amide bonds. The molecule has 3 heteroatoms. The Morgan fingerprint density at radius 1 is 1.29 bits per heavy atom. The standard InChI is InChI=1S/C14H15FO2/c1-2-14(16,9-11-7-8-17-10-11)12-5-3-4-6-13(12)15/h3-8,10,16H,2,9H2,1H3. The zero-order valence-corrected chi connectivity index (χ0v) is 9.69. The molecule has 0 bridgehead atoms. The summed E-state index contributed by atoms with van der Waals surface area (Å²) in [6.07, 6.45) is 3.91. The Morgan fingerprint density at radius 3 is 2.65 bits per heavy atom. The van der Waals surface area contributed by atoms with Gasteiger partial charge in [-0.2, -0.15) is 0 Å². The lowest BCUT2D eigenvalue weighted by Gasteiger charge is -2.27. The molecule has 90 valence electrons. The number of aliphatic hydroxyl groups is 1. The van der Waals surface area contributed by atoms with Crippen molar-refractivity contribution in [2.45, 2.75) is 25.4 Å². The second-order valence-corrected chi connectivity index (χ2v) is 4.17. The van der Waals surface area contributed by atoms with Crippen molar-refractivity contribution in [2.24, 2.45) is 0 Å². The van der Waals surface area contributed by atoms with Crippen molar-refractivity contribution < 1.29 is 13.9 Å². The minimum atomic E-state index is -1.19. The second kappa shape index (κ2) is 4.72. The van der Waals surface area contributed by atoms with E-state index in [1.807, 2.05) is 6.92 Å². The summed E-state index contributed by atoms with van der Waals surface area (Å²) in [6, 6.07) is 8.12. The first kappa shape index (κ1) is 11.9. The van der Waals surface area contributed by atoms with Crippen LogP contribution in [0.25, 0.3) is 0 Å².